The summed E-state index contributed by atoms with van der Waals surface area (Å²) in [6.07, 6.45) is 3.94. The highest BCUT2D eigenvalue weighted by Gasteiger charge is 2.41. The Bertz CT molecular complexity index is 968. The Morgan fingerprint density at radius 1 is 1.10 bits per heavy atom. The monoisotopic (exact) mass is 406 g/mol. The van der Waals surface area contributed by atoms with E-state index in [2.05, 4.69) is 70.1 Å². The zero-order valence-electron chi connectivity index (χ0n) is 16.9. The van der Waals surface area contributed by atoms with Gasteiger partial charge < -0.3 is 19.5 Å². The van der Waals surface area contributed by atoms with Gasteiger partial charge in [0.05, 0.1) is 24.9 Å². The Balaban J connectivity index is 1.78. The van der Waals surface area contributed by atoms with E-state index < -0.39 is 0 Å². The molecular formula is C23H26N4OS. The van der Waals surface area contributed by atoms with Crippen molar-refractivity contribution in [1.29, 1.82) is 0 Å². The third-order valence-electron chi connectivity index (χ3n) is 5.19. The molecule has 29 heavy (non-hydrogen) atoms. The predicted octanol–water partition coefficient (Wildman–Crippen LogP) is 4.51. The van der Waals surface area contributed by atoms with Crippen LogP contribution in [-0.4, -0.2) is 33.2 Å². The number of thiocarbonyl (C=S) groups is 1. The summed E-state index contributed by atoms with van der Waals surface area (Å²) in [6.45, 7) is 5.32. The molecule has 0 saturated carbocycles. The number of methoxy groups -OCH3 is 1. The molecular weight excluding hydrogens is 380 g/mol. The standard InChI is InChI=1S/C23H26N4OS/c1-16(2)15-27-22(21(25-23(27)29)19-7-4-5-13-24-19)20-8-6-14-26(20)17-9-11-18(28-3)12-10-17/h4-14,16,21-22H,15H2,1-3H3,(H,25,29)/t21-,22+/m0/s1. The normalized spacial score (nSPS) is 18.9. The molecule has 0 aliphatic carbocycles. The molecule has 1 aliphatic heterocycles. The lowest BCUT2D eigenvalue weighted by molar-refractivity contribution is 0.280. The quantitative estimate of drug-likeness (QED) is 0.610. The number of ether oxygens (including phenoxy) is 1. The highest BCUT2D eigenvalue weighted by Crippen LogP contribution is 2.39. The van der Waals surface area contributed by atoms with Crippen molar-refractivity contribution in [2.24, 2.45) is 5.92 Å². The number of nitrogens with zero attached hydrogens (tertiary/aromatic N) is 3. The van der Waals surface area contributed by atoms with Crippen LogP contribution in [0, 0.1) is 5.92 Å². The van der Waals surface area contributed by atoms with Crippen LogP contribution >= 0.6 is 12.2 Å². The maximum Gasteiger partial charge on any atom is 0.170 e. The molecule has 3 heterocycles. The van der Waals surface area contributed by atoms with Crippen molar-refractivity contribution in [3.63, 3.8) is 0 Å². The summed E-state index contributed by atoms with van der Waals surface area (Å²) in [5.74, 6) is 1.34. The molecule has 4 rings (SSSR count). The first-order valence-electron chi connectivity index (χ1n) is 9.88. The maximum atomic E-state index is 5.74. The predicted molar refractivity (Wildman–Crippen MR) is 119 cm³/mol. The van der Waals surface area contributed by atoms with Crippen molar-refractivity contribution in [1.82, 2.24) is 19.8 Å². The van der Waals surface area contributed by atoms with Crippen molar-refractivity contribution in [3.05, 3.63) is 78.4 Å². The van der Waals surface area contributed by atoms with Crippen molar-refractivity contribution in [2.45, 2.75) is 25.9 Å². The lowest BCUT2D eigenvalue weighted by atomic mass is 10.0. The van der Waals surface area contributed by atoms with Gasteiger partial charge in [-0.3, -0.25) is 4.98 Å². The van der Waals surface area contributed by atoms with Gasteiger partial charge in [0.15, 0.2) is 5.11 Å². The molecule has 3 aromatic rings. The first-order valence-corrected chi connectivity index (χ1v) is 10.3. The average Bonchev–Trinajstić information content (AvgIpc) is 3.33. The van der Waals surface area contributed by atoms with Crippen LogP contribution in [-0.2, 0) is 0 Å². The Kier molecular flexibility index (Phi) is 5.53. The number of rotatable bonds is 6. The second-order valence-electron chi connectivity index (χ2n) is 7.67. The maximum absolute atomic E-state index is 5.74. The average molecular weight is 407 g/mol. The fourth-order valence-corrected chi connectivity index (χ4v) is 4.25. The van der Waals surface area contributed by atoms with Gasteiger partial charge >= 0.3 is 0 Å². The third kappa shape index (κ3) is 3.85. The molecule has 1 N–H and O–H groups in total. The van der Waals surface area contributed by atoms with Gasteiger partial charge in [0, 0.05) is 30.3 Å². The van der Waals surface area contributed by atoms with Gasteiger partial charge in [0.1, 0.15) is 5.75 Å². The molecule has 6 heteroatoms. The second kappa shape index (κ2) is 8.25. The number of hydrogen-bond donors (Lipinski definition) is 1. The SMILES string of the molecule is COc1ccc(-n2cccc2[C@@H]2[C@H](c3ccccn3)NC(=S)N2CC(C)C)cc1. The van der Waals surface area contributed by atoms with Crippen LogP contribution in [0.25, 0.3) is 5.69 Å². The minimum atomic E-state index is -0.00523. The molecule has 150 valence electrons. The summed E-state index contributed by atoms with van der Waals surface area (Å²) < 4.78 is 7.54. The summed E-state index contributed by atoms with van der Waals surface area (Å²) >= 11 is 5.74. The summed E-state index contributed by atoms with van der Waals surface area (Å²) in [6, 6.07) is 18.5. The number of aromatic nitrogens is 2. The van der Waals surface area contributed by atoms with E-state index in [1.54, 1.807) is 7.11 Å². The van der Waals surface area contributed by atoms with E-state index in [1.165, 1.54) is 5.69 Å². The van der Waals surface area contributed by atoms with Gasteiger partial charge in [0.2, 0.25) is 0 Å². The van der Waals surface area contributed by atoms with E-state index in [-0.39, 0.29) is 12.1 Å². The van der Waals surface area contributed by atoms with Gasteiger partial charge in [-0.1, -0.05) is 19.9 Å². The summed E-state index contributed by atoms with van der Waals surface area (Å²) in [5.41, 5.74) is 3.26. The molecule has 0 spiro atoms. The highest BCUT2D eigenvalue weighted by molar-refractivity contribution is 7.80. The Morgan fingerprint density at radius 3 is 2.55 bits per heavy atom. The summed E-state index contributed by atoms with van der Waals surface area (Å²) in [7, 11) is 1.68. The molecule has 5 nitrogen and oxygen atoms in total. The third-order valence-corrected chi connectivity index (χ3v) is 5.55. The molecule has 1 saturated heterocycles. The van der Waals surface area contributed by atoms with Gasteiger partial charge in [-0.15, -0.1) is 0 Å². The topological polar surface area (TPSA) is 42.3 Å². The van der Waals surface area contributed by atoms with Gasteiger partial charge in [-0.25, -0.2) is 0 Å². The molecule has 0 unspecified atom stereocenters. The van der Waals surface area contributed by atoms with E-state index in [0.29, 0.717) is 5.92 Å². The minimum absolute atomic E-state index is 0.00523. The highest BCUT2D eigenvalue weighted by atomic mass is 32.1. The molecule has 0 amide bonds. The molecule has 1 fully saturated rings. The molecule has 0 bridgehead atoms. The van der Waals surface area contributed by atoms with Gasteiger partial charge in [-0.05, 0) is 66.7 Å². The Labute approximate surface area is 177 Å². The fraction of sp³-hybridized carbons (Fsp3) is 0.304. The fourth-order valence-electron chi connectivity index (χ4n) is 3.93. The first-order chi connectivity index (χ1) is 14.1. The minimum Gasteiger partial charge on any atom is -0.497 e. The van der Waals surface area contributed by atoms with Gasteiger partial charge in [-0.2, -0.15) is 0 Å². The van der Waals surface area contributed by atoms with Crippen molar-refractivity contribution in [2.75, 3.05) is 13.7 Å². The van der Waals surface area contributed by atoms with Crippen molar-refractivity contribution >= 4 is 17.3 Å². The van der Waals surface area contributed by atoms with E-state index in [4.69, 9.17) is 17.0 Å². The van der Waals surface area contributed by atoms with Crippen LogP contribution in [0.4, 0.5) is 0 Å². The van der Waals surface area contributed by atoms with E-state index in [9.17, 15) is 0 Å². The zero-order valence-corrected chi connectivity index (χ0v) is 17.8. The largest absolute Gasteiger partial charge is 0.497 e. The Morgan fingerprint density at radius 2 is 1.90 bits per heavy atom. The second-order valence-corrected chi connectivity index (χ2v) is 8.06. The van der Waals surface area contributed by atoms with Crippen LogP contribution in [0.3, 0.4) is 0 Å². The van der Waals surface area contributed by atoms with Crippen molar-refractivity contribution in [3.8, 4) is 11.4 Å². The van der Waals surface area contributed by atoms with Crippen LogP contribution in [0.2, 0.25) is 0 Å². The zero-order chi connectivity index (χ0) is 20.4. The number of hydrogen-bond acceptors (Lipinski definition) is 3. The number of nitrogens with one attached hydrogen (secondary N) is 1. The summed E-state index contributed by atoms with van der Waals surface area (Å²) in [4.78, 5) is 6.92. The molecule has 1 aromatic carbocycles. The summed E-state index contributed by atoms with van der Waals surface area (Å²) in [5, 5.41) is 4.30. The van der Waals surface area contributed by atoms with E-state index >= 15 is 0 Å². The van der Waals surface area contributed by atoms with Crippen LogP contribution in [0.5, 0.6) is 5.75 Å². The first kappa shape index (κ1) is 19.5. The van der Waals surface area contributed by atoms with E-state index in [1.807, 2.05) is 30.5 Å². The molecule has 0 radical (unpaired) electrons. The van der Waals surface area contributed by atoms with Crippen LogP contribution < -0.4 is 10.1 Å². The lowest BCUT2D eigenvalue weighted by Crippen LogP contribution is -2.33. The van der Waals surface area contributed by atoms with Crippen LogP contribution in [0.15, 0.2) is 67.0 Å². The number of benzene rings is 1. The van der Waals surface area contributed by atoms with E-state index in [0.717, 1.165) is 28.8 Å². The molecule has 2 aromatic heterocycles. The molecule has 2 atom stereocenters. The lowest BCUT2D eigenvalue weighted by Gasteiger charge is -2.30. The Hall–Kier alpha value is -2.86. The van der Waals surface area contributed by atoms with Crippen molar-refractivity contribution < 1.29 is 4.74 Å². The van der Waals surface area contributed by atoms with Gasteiger partial charge in [0.25, 0.3) is 0 Å². The smallest absolute Gasteiger partial charge is 0.170 e. The number of pyridine rings is 1. The molecule has 1 aliphatic rings. The van der Waals surface area contributed by atoms with Crippen LogP contribution in [0.1, 0.15) is 37.3 Å².